The van der Waals surface area contributed by atoms with Gasteiger partial charge in [0.25, 0.3) is 0 Å². The third kappa shape index (κ3) is 19.9. The molecule has 27 nitrogen and oxygen atoms in total. The molecular formula is C89H135F3N2O25SSi. The maximum Gasteiger partial charge on any atom is 0.522 e. The van der Waals surface area contributed by atoms with Crippen molar-refractivity contribution >= 4 is 36.1 Å². The van der Waals surface area contributed by atoms with Crippen LogP contribution in [-0.4, -0.2) is 264 Å². The van der Waals surface area contributed by atoms with Crippen LogP contribution in [0, 0.1) is 35.5 Å². The van der Waals surface area contributed by atoms with Crippen molar-refractivity contribution in [1.29, 1.82) is 0 Å². The summed E-state index contributed by atoms with van der Waals surface area (Å²) < 4.78 is 173. The molecule has 20 rings (SSSR count). The Hall–Kier alpha value is -3.27. The summed E-state index contributed by atoms with van der Waals surface area (Å²) >= 11 is 0. The summed E-state index contributed by atoms with van der Waals surface area (Å²) in [6.07, 6.45) is 10.9. The highest BCUT2D eigenvalue weighted by molar-refractivity contribution is 7.88. The SMILES string of the molecule is C=C1C[C@@H]2CC[C@@]34C[C@H]5O[C@H]6[C@@H](O3)[C@H]3O[C@H](CC[C@@H]3O[C@H]6C5O4)CC(=O)CC3[C@H](CC4O[C@@H](CCC1O2)C[C@@H](C)C4=C)O[C@H](C[C@H](O)CN)[C@@H]3C.C=C1C[C@@H]2CC[C@@]34C[C@H]5O[C@H]6[C@@H](O3)[C@H]3O[C@H](CC[C@@H]3O[C@H]6C5O4)CC(=O)CC3[C@H](CC4O[C@@H](CCC1O2)C[C@@H](C)C4=C)O[C@H](C[C@H](O)CNC(=O)OC(C)(C)C)[C@@H]3C.C[Si](C)(C)OS(=O)(=O)C(F)(F)F. The van der Waals surface area contributed by atoms with E-state index in [1.54, 1.807) is 20.8 Å². The van der Waals surface area contributed by atoms with Gasteiger partial charge in [0, 0.05) is 90.1 Å². The summed E-state index contributed by atoms with van der Waals surface area (Å²) in [5.41, 5.74) is 4.29. The van der Waals surface area contributed by atoms with Crippen LogP contribution < -0.4 is 11.1 Å². The van der Waals surface area contributed by atoms with Crippen LogP contribution in [0.1, 0.15) is 215 Å². The summed E-state index contributed by atoms with van der Waals surface area (Å²) in [5.74, 6) is -0.752. The zero-order valence-corrected chi connectivity index (χ0v) is 74.1. The van der Waals surface area contributed by atoms with E-state index in [9.17, 15) is 46.2 Å². The Morgan fingerprint density at radius 1 is 0.496 bits per heavy atom. The fraction of sp³-hybridized carbons (Fsp3) is 0.876. The van der Waals surface area contributed by atoms with Crippen LogP contribution in [0.2, 0.25) is 19.6 Å². The number of rotatable bonds is 9. The van der Waals surface area contributed by atoms with E-state index in [-0.39, 0.29) is 232 Å². The van der Waals surface area contributed by atoms with Gasteiger partial charge in [-0.2, -0.15) is 21.6 Å². The molecule has 0 aromatic rings. The molecule has 0 saturated carbocycles. The van der Waals surface area contributed by atoms with E-state index in [0.717, 1.165) is 112 Å². The zero-order chi connectivity index (χ0) is 86.1. The number of alkyl carbamates (subject to hydrolysis) is 1. The van der Waals surface area contributed by atoms with Gasteiger partial charge in [0.2, 0.25) is 8.32 Å². The van der Waals surface area contributed by atoms with Crippen LogP contribution >= 0.6 is 0 Å². The maximum atomic E-state index is 14.2. The lowest BCUT2D eigenvalue weighted by Gasteiger charge is -2.47. The van der Waals surface area contributed by atoms with E-state index >= 15 is 0 Å². The first-order valence-corrected chi connectivity index (χ1v) is 50.3. The molecule has 20 aliphatic heterocycles. The van der Waals surface area contributed by atoms with Crippen molar-refractivity contribution in [2.45, 2.75) is 441 Å². The molecule has 682 valence electrons. The number of alkyl halides is 3. The number of ketones is 2. The van der Waals surface area contributed by atoms with Crippen LogP contribution in [0.3, 0.4) is 0 Å². The second-order valence-corrected chi connectivity index (χ2v) is 47.2. The fourth-order valence-corrected chi connectivity index (χ4v) is 26.4. The Balaban J connectivity index is 0.000000159. The van der Waals surface area contributed by atoms with Gasteiger partial charge < -0.3 is 106 Å². The highest BCUT2D eigenvalue weighted by atomic mass is 32.2. The van der Waals surface area contributed by atoms with Crippen molar-refractivity contribution < 1.29 is 131 Å². The van der Waals surface area contributed by atoms with Crippen molar-refractivity contribution in [3.63, 3.8) is 0 Å². The highest BCUT2D eigenvalue weighted by Gasteiger charge is 2.71. The second kappa shape index (κ2) is 35.9. The Bertz CT molecular complexity index is 3890. The lowest BCUT2D eigenvalue weighted by atomic mass is 9.78. The molecule has 5 N–H and O–H groups in total. The number of hydrogen-bond acceptors (Lipinski definition) is 26. The molecule has 20 saturated heterocycles. The van der Waals surface area contributed by atoms with E-state index in [0.29, 0.717) is 76.5 Å². The van der Waals surface area contributed by atoms with E-state index in [1.807, 2.05) is 0 Å². The Labute approximate surface area is 712 Å². The fourth-order valence-electron chi connectivity index (χ4n) is 23.4. The molecule has 20 aliphatic rings. The number of nitrogens with one attached hydrogen (secondary N) is 1. The molecule has 0 aliphatic carbocycles. The van der Waals surface area contributed by atoms with Crippen LogP contribution in [0.25, 0.3) is 0 Å². The molecule has 0 aromatic heterocycles. The highest BCUT2D eigenvalue weighted by Crippen LogP contribution is 2.58. The molecule has 2 spiro atoms. The molecule has 121 heavy (non-hydrogen) atoms. The number of carbonyl (C=O) groups is 3. The lowest BCUT2D eigenvalue weighted by Crippen LogP contribution is -2.61. The topological polar surface area (TPSA) is 330 Å². The number of nitrogens with two attached hydrogens (primary N) is 1. The van der Waals surface area contributed by atoms with Crippen LogP contribution in [-0.2, 0) is 104 Å². The summed E-state index contributed by atoms with van der Waals surface area (Å²) in [6, 6.07) is 0. The Kier molecular flexibility index (Phi) is 27.0. The van der Waals surface area contributed by atoms with Crippen molar-refractivity contribution in [3.05, 3.63) is 48.6 Å². The normalized spacial score (nSPS) is 47.0. The number of aliphatic hydroxyl groups excluding tert-OH is 2. The van der Waals surface area contributed by atoms with Crippen molar-refractivity contribution in [1.82, 2.24) is 5.32 Å². The van der Waals surface area contributed by atoms with Gasteiger partial charge in [-0.3, -0.25) is 9.59 Å². The second-order valence-electron chi connectivity index (χ2n) is 40.9. The monoisotopic (exact) mass is 1750 g/mol. The van der Waals surface area contributed by atoms with Gasteiger partial charge in [-0.15, -0.1) is 0 Å². The lowest BCUT2D eigenvalue weighted by molar-refractivity contribution is -0.292. The number of halogens is 3. The minimum Gasteiger partial charge on any atom is -0.444 e. The number of Topliss-reactive ketones (excluding diaryl/α,β-unsaturated/α-hetero) is 2. The summed E-state index contributed by atoms with van der Waals surface area (Å²) in [6.45, 7) is 36.3. The van der Waals surface area contributed by atoms with E-state index in [2.05, 4.69) is 63.2 Å². The summed E-state index contributed by atoms with van der Waals surface area (Å²) in [5, 5.41) is 24.3. The van der Waals surface area contributed by atoms with E-state index < -0.39 is 59.4 Å². The average Bonchev–Trinajstić information content (AvgIpc) is 1.55. The zero-order valence-electron chi connectivity index (χ0n) is 72.3. The molecular weight excluding hydrogens is 1610 g/mol. The summed E-state index contributed by atoms with van der Waals surface area (Å²) in [4.78, 5) is 40.5. The number of aliphatic hydroxyl groups is 2. The first kappa shape index (κ1) is 91.1. The Morgan fingerprint density at radius 3 is 1.31 bits per heavy atom. The Morgan fingerprint density at radius 2 is 0.893 bits per heavy atom. The molecule has 1 amide bonds. The van der Waals surface area contributed by atoms with Crippen LogP contribution in [0.5, 0.6) is 0 Å². The van der Waals surface area contributed by atoms with Crippen molar-refractivity contribution in [2.24, 2.45) is 41.2 Å². The standard InChI is InChI=1S/C45H67NO12.C40H59NO10.C4H9F3O3SSi/c1-22-14-28-8-10-32-23(2)15-30(50-32)12-13-45-20-37-39(56-45)40-41(55-37)42(57-45)38-33(54-40)11-9-29(52-38)16-26(47)17-31-25(4)34(53-36(31)19-35(51-28)24(22)3)18-27(48)21-46-43(49)58-44(5,6)7;1-19-11-25-5-7-29-20(2)12-27(44-29)9-10-40-17-34-36(50-40)37-38(49-34)39(51-40)35-30(48-37)8-6-26(46-35)13-23(42)14-28-22(4)31(15-24(43)18-41)47-33(28)16-32(45-25)21(19)3;1-12(2,3)10-11(8,9)4(5,6)7/h22,25,27-42,48H,2-3,8-21H2,1,4-7H3,(H,46,49);19,22,24-39,43H,2-3,5-18,41H2,1,4H3;1-3H3/t22-,25-,27+,28+,29-,30+,31?,32?,33+,34-,35?,36+,37-,38+,39?,40+,41-,42+,45+;19-,22-,24+,25+,26-,27+,28?,29?,30+,31-,32?,33+,34-,35+,36?,37+,38-,39+,40+;/m11./s1. The molecule has 8 unspecified atom stereocenters. The largest absolute Gasteiger partial charge is 0.522 e. The number of amides is 1. The van der Waals surface area contributed by atoms with Crippen molar-refractivity contribution in [3.8, 4) is 0 Å². The molecule has 38 atom stereocenters. The van der Waals surface area contributed by atoms with Crippen LogP contribution in [0.4, 0.5) is 18.0 Å². The van der Waals surface area contributed by atoms with E-state index in [4.69, 9.17) is 86.3 Å². The first-order valence-electron chi connectivity index (χ1n) is 45.5. The van der Waals surface area contributed by atoms with Gasteiger partial charge in [0.1, 0.15) is 78.2 Å². The summed E-state index contributed by atoms with van der Waals surface area (Å²) in [7, 11) is -8.10. The number of ether oxygens (including phenoxy) is 17. The van der Waals surface area contributed by atoms with E-state index in [1.165, 1.54) is 19.6 Å². The predicted octanol–water partition coefficient (Wildman–Crippen LogP) is 11.4. The van der Waals surface area contributed by atoms with Gasteiger partial charge in [0.05, 0.1) is 122 Å². The minimum absolute atomic E-state index is 0.00127. The van der Waals surface area contributed by atoms with Gasteiger partial charge in [-0.25, -0.2) is 4.79 Å². The minimum atomic E-state index is -5.39. The average molecular weight is 1750 g/mol. The number of carbonyl (C=O) groups excluding carboxylic acids is 3. The van der Waals surface area contributed by atoms with Gasteiger partial charge in [-0.1, -0.05) is 54.0 Å². The number of fused-ring (bicyclic) bond motifs is 12. The van der Waals surface area contributed by atoms with Gasteiger partial charge in [-0.05, 0) is 188 Å². The third-order valence-corrected chi connectivity index (χ3v) is 33.1. The van der Waals surface area contributed by atoms with Crippen LogP contribution in [0.15, 0.2) is 48.6 Å². The quantitative estimate of drug-likeness (QED) is 0.0946. The first-order chi connectivity index (χ1) is 57.1. The molecule has 0 aromatic carbocycles. The molecule has 20 fully saturated rings. The van der Waals surface area contributed by atoms with Gasteiger partial charge >= 0.3 is 21.7 Å². The third-order valence-electron chi connectivity index (χ3n) is 29.6. The molecule has 24 bridgehead atoms. The predicted molar refractivity (Wildman–Crippen MR) is 434 cm³/mol. The number of hydrogen-bond donors (Lipinski definition) is 4. The molecule has 32 heteroatoms. The van der Waals surface area contributed by atoms with Gasteiger partial charge in [0.15, 0.2) is 11.6 Å². The van der Waals surface area contributed by atoms with Crippen molar-refractivity contribution in [2.75, 3.05) is 13.1 Å². The molecule has 0 radical (unpaired) electrons. The smallest absolute Gasteiger partial charge is 0.444 e. The maximum absolute atomic E-state index is 14.2. The molecule has 20 heterocycles.